The molecule has 1 aliphatic carbocycles. The third kappa shape index (κ3) is 5.95. The lowest BCUT2D eigenvalue weighted by Gasteiger charge is -2.38. The molecule has 1 saturated carbocycles. The van der Waals surface area contributed by atoms with Crippen LogP contribution >= 0.6 is 0 Å². The van der Waals surface area contributed by atoms with Crippen molar-refractivity contribution in [1.82, 2.24) is 19.3 Å². The molecule has 3 heterocycles. The van der Waals surface area contributed by atoms with E-state index in [-0.39, 0.29) is 6.10 Å². The predicted molar refractivity (Wildman–Crippen MR) is 151 cm³/mol. The fraction of sp³-hybridized carbons (Fsp3) is 0.567. The summed E-state index contributed by atoms with van der Waals surface area (Å²) in [7, 11) is 1.47. The zero-order chi connectivity index (χ0) is 27.4. The van der Waals surface area contributed by atoms with Crippen molar-refractivity contribution < 1.29 is 19.1 Å². The summed E-state index contributed by atoms with van der Waals surface area (Å²) in [6, 6.07) is 8.35. The monoisotopic (exact) mass is 535 g/mol. The number of anilines is 1. The van der Waals surface area contributed by atoms with Gasteiger partial charge in [0.05, 0.1) is 42.9 Å². The zero-order valence-electron chi connectivity index (χ0n) is 23.6. The quantitative estimate of drug-likeness (QED) is 0.340. The molecule has 0 N–H and O–H groups in total. The number of aromatic nitrogens is 3. The van der Waals surface area contributed by atoms with Gasteiger partial charge in [0.15, 0.2) is 0 Å². The molecule has 9 heteroatoms. The highest BCUT2D eigenvalue weighted by atomic mass is 16.7. The highest BCUT2D eigenvalue weighted by molar-refractivity contribution is 5.87. The minimum atomic E-state index is -0.520. The molecular formula is C30H41N5O4. The molecule has 2 aromatic heterocycles. The molecule has 5 rings (SSSR count). The average molecular weight is 536 g/mol. The number of hydrogen-bond acceptors (Lipinski definition) is 7. The van der Waals surface area contributed by atoms with Crippen LogP contribution in [0, 0.1) is 6.92 Å². The molecule has 210 valence electrons. The fourth-order valence-electron chi connectivity index (χ4n) is 6.08. The van der Waals surface area contributed by atoms with Crippen molar-refractivity contribution in [1.29, 1.82) is 0 Å². The third-order valence-corrected chi connectivity index (χ3v) is 8.11. The Morgan fingerprint density at radius 1 is 1.15 bits per heavy atom. The van der Waals surface area contributed by atoms with Crippen LogP contribution in [0.5, 0.6) is 0 Å². The van der Waals surface area contributed by atoms with Gasteiger partial charge in [0, 0.05) is 43.0 Å². The van der Waals surface area contributed by atoms with Crippen LogP contribution in [0.3, 0.4) is 0 Å². The molecule has 9 nitrogen and oxygen atoms in total. The Bertz CT molecular complexity index is 1250. The smallest absolute Gasteiger partial charge is 0.439 e. The van der Waals surface area contributed by atoms with Crippen LogP contribution < -0.4 is 5.06 Å². The van der Waals surface area contributed by atoms with Gasteiger partial charge in [0.25, 0.3) is 0 Å². The first-order valence-corrected chi connectivity index (χ1v) is 14.3. The lowest BCUT2D eigenvalue weighted by molar-refractivity contribution is 0.00710. The van der Waals surface area contributed by atoms with E-state index in [1.807, 2.05) is 50.5 Å². The van der Waals surface area contributed by atoms with Gasteiger partial charge in [0.1, 0.15) is 11.9 Å². The Hall–Kier alpha value is -3.01. The summed E-state index contributed by atoms with van der Waals surface area (Å²) in [6.45, 7) is 9.78. The van der Waals surface area contributed by atoms with E-state index in [4.69, 9.17) is 19.3 Å². The highest BCUT2D eigenvalue weighted by Gasteiger charge is 2.30. The largest absolute Gasteiger partial charge is 0.445 e. The van der Waals surface area contributed by atoms with Crippen molar-refractivity contribution in [2.75, 3.05) is 38.5 Å². The molecule has 3 aromatic rings. The molecule has 2 aliphatic rings. The summed E-state index contributed by atoms with van der Waals surface area (Å²) in [6.07, 6.45) is 9.59. The number of rotatable bonds is 8. The van der Waals surface area contributed by atoms with E-state index >= 15 is 0 Å². The first-order valence-electron chi connectivity index (χ1n) is 14.3. The van der Waals surface area contributed by atoms with Crippen LogP contribution in [0.4, 0.5) is 10.5 Å². The Morgan fingerprint density at radius 2 is 1.87 bits per heavy atom. The number of hydroxylamine groups is 1. The third-order valence-electron chi connectivity index (χ3n) is 8.11. The number of carbonyl (C=O) groups is 1. The molecule has 1 atom stereocenters. The van der Waals surface area contributed by atoms with E-state index in [1.165, 1.54) is 25.0 Å². The molecule has 1 amide bonds. The minimum Gasteiger partial charge on any atom is -0.445 e. The molecule has 0 radical (unpaired) electrons. The number of carbonyl (C=O) groups excluding carboxylic acids is 1. The highest BCUT2D eigenvalue weighted by Crippen LogP contribution is 2.38. The molecule has 1 unspecified atom stereocenters. The summed E-state index contributed by atoms with van der Waals surface area (Å²) in [5.74, 6) is 1.52. The van der Waals surface area contributed by atoms with Crippen LogP contribution in [0.15, 0.2) is 36.7 Å². The minimum absolute atomic E-state index is 0.172. The van der Waals surface area contributed by atoms with Crippen LogP contribution in [0.25, 0.3) is 16.8 Å². The molecular weight excluding hydrogens is 494 g/mol. The maximum atomic E-state index is 12.7. The van der Waals surface area contributed by atoms with Crippen LogP contribution in [0.1, 0.15) is 69.8 Å². The van der Waals surface area contributed by atoms with Gasteiger partial charge in [-0.1, -0.05) is 25.5 Å². The van der Waals surface area contributed by atoms with E-state index in [0.29, 0.717) is 17.6 Å². The Labute approximate surface area is 231 Å². The number of fused-ring (bicyclic) bond motifs is 1. The van der Waals surface area contributed by atoms with E-state index in [0.717, 1.165) is 80.3 Å². The van der Waals surface area contributed by atoms with Gasteiger partial charge in [0.2, 0.25) is 0 Å². The first kappa shape index (κ1) is 27.6. The number of imidazole rings is 1. The second-order valence-corrected chi connectivity index (χ2v) is 10.7. The number of aryl methyl sites for hydroxylation is 1. The van der Waals surface area contributed by atoms with Gasteiger partial charge >= 0.3 is 6.09 Å². The van der Waals surface area contributed by atoms with E-state index < -0.39 is 6.09 Å². The second kappa shape index (κ2) is 12.4. The first-order chi connectivity index (χ1) is 19.0. The molecule has 0 spiro atoms. The van der Waals surface area contributed by atoms with Crippen LogP contribution in [-0.2, 0) is 14.3 Å². The maximum absolute atomic E-state index is 12.7. The van der Waals surface area contributed by atoms with Crippen LogP contribution in [-0.4, -0.2) is 70.9 Å². The van der Waals surface area contributed by atoms with Gasteiger partial charge in [-0.15, -0.1) is 0 Å². The van der Waals surface area contributed by atoms with Crippen molar-refractivity contribution in [2.24, 2.45) is 0 Å². The van der Waals surface area contributed by atoms with E-state index in [9.17, 15) is 4.79 Å². The summed E-state index contributed by atoms with van der Waals surface area (Å²) in [5.41, 5.74) is 4.48. The number of amides is 1. The van der Waals surface area contributed by atoms with Gasteiger partial charge in [-0.25, -0.2) is 9.78 Å². The molecule has 2 fully saturated rings. The molecule has 1 aromatic carbocycles. The normalized spacial score (nSPS) is 21.1. The number of hydrogen-bond donors (Lipinski definition) is 0. The number of morpholine rings is 1. The molecule has 1 aliphatic heterocycles. The van der Waals surface area contributed by atoms with Crippen molar-refractivity contribution >= 4 is 17.3 Å². The SMILES string of the molecule is CCCC(C)OC(=O)N(OC)c1ccc(-c2nc(C3CCC(N4CCOCC4)CC3)n3ccnc(C)c23)cc1. The number of benzene rings is 1. The average Bonchev–Trinajstić information content (AvgIpc) is 3.35. The van der Waals surface area contributed by atoms with Gasteiger partial charge in [-0.3, -0.25) is 19.1 Å². The van der Waals surface area contributed by atoms with Crippen LogP contribution in [0.2, 0.25) is 0 Å². The number of ether oxygens (including phenoxy) is 2. The summed E-state index contributed by atoms with van der Waals surface area (Å²) in [5, 5.41) is 1.19. The summed E-state index contributed by atoms with van der Waals surface area (Å²) < 4.78 is 13.3. The lowest BCUT2D eigenvalue weighted by Crippen LogP contribution is -2.44. The van der Waals surface area contributed by atoms with Crippen molar-refractivity contribution in [3.63, 3.8) is 0 Å². The predicted octanol–water partition coefficient (Wildman–Crippen LogP) is 5.76. The van der Waals surface area contributed by atoms with Crippen molar-refractivity contribution in [3.8, 4) is 11.3 Å². The fourth-order valence-corrected chi connectivity index (χ4v) is 6.08. The Morgan fingerprint density at radius 3 is 2.54 bits per heavy atom. The molecule has 0 bridgehead atoms. The van der Waals surface area contributed by atoms with Gasteiger partial charge in [-0.2, -0.15) is 5.06 Å². The summed E-state index contributed by atoms with van der Waals surface area (Å²) in [4.78, 5) is 30.5. The van der Waals surface area contributed by atoms with Crippen molar-refractivity contribution in [2.45, 2.75) is 77.4 Å². The summed E-state index contributed by atoms with van der Waals surface area (Å²) >= 11 is 0. The lowest BCUT2D eigenvalue weighted by atomic mass is 9.84. The van der Waals surface area contributed by atoms with E-state index in [2.05, 4.69) is 21.2 Å². The maximum Gasteiger partial charge on any atom is 0.439 e. The topological polar surface area (TPSA) is 81.4 Å². The zero-order valence-corrected chi connectivity index (χ0v) is 23.6. The van der Waals surface area contributed by atoms with E-state index in [1.54, 1.807) is 0 Å². The molecule has 39 heavy (non-hydrogen) atoms. The Kier molecular flexibility index (Phi) is 8.79. The van der Waals surface area contributed by atoms with Gasteiger partial charge < -0.3 is 9.47 Å². The standard InChI is InChI=1S/C30H41N5O4/c1-5-6-21(2)39-30(36)35(37-4)26-13-7-23(8-14-26)27-28-22(3)31-15-16-34(28)29(32-27)24-9-11-25(12-10-24)33-17-19-38-20-18-33/h7-8,13-16,21,24-25H,5-6,9-12,17-20H2,1-4H3. The second-order valence-electron chi connectivity index (χ2n) is 10.7. The van der Waals surface area contributed by atoms with Crippen molar-refractivity contribution in [3.05, 3.63) is 48.2 Å². The van der Waals surface area contributed by atoms with Gasteiger partial charge in [-0.05, 0) is 58.1 Å². The number of nitrogens with zero attached hydrogens (tertiary/aromatic N) is 5. The molecule has 1 saturated heterocycles. The Balaban J connectivity index is 1.37.